The minimum Gasteiger partial charge on any atom is -0.494 e. The lowest BCUT2D eigenvalue weighted by Gasteiger charge is -2.21. The normalized spacial score (nSPS) is 12.9. The van der Waals surface area contributed by atoms with Crippen molar-refractivity contribution in [1.29, 1.82) is 0 Å². The van der Waals surface area contributed by atoms with E-state index in [2.05, 4.69) is 38.7 Å². The van der Waals surface area contributed by atoms with Crippen molar-refractivity contribution in [1.82, 2.24) is 24.7 Å². The van der Waals surface area contributed by atoms with E-state index in [4.69, 9.17) is 14.2 Å². The zero-order valence-corrected chi connectivity index (χ0v) is 21.6. The van der Waals surface area contributed by atoms with Gasteiger partial charge >= 0.3 is 0 Å². The molecule has 0 radical (unpaired) electrons. The topological polar surface area (TPSA) is 96.2 Å². The lowest BCUT2D eigenvalue weighted by atomic mass is 10.1. The molecule has 0 saturated carbocycles. The number of nitrogens with one attached hydrogen (secondary N) is 1. The predicted octanol–water partition coefficient (Wildman–Crippen LogP) is 4.60. The molecule has 0 saturated heterocycles. The van der Waals surface area contributed by atoms with Crippen LogP contribution in [-0.4, -0.2) is 57.9 Å². The number of aromatic nitrogens is 5. The summed E-state index contributed by atoms with van der Waals surface area (Å²) in [7, 11) is 5.01. The van der Waals surface area contributed by atoms with Gasteiger partial charge in [0.2, 0.25) is 5.95 Å². The molecule has 9 nitrogen and oxygen atoms in total. The molecule has 184 valence electrons. The minimum atomic E-state index is 0.191. The molecular weight excluding hydrogens is 452 g/mol. The molecule has 1 N–H and O–H groups in total. The van der Waals surface area contributed by atoms with Crippen molar-refractivity contribution in [3.63, 3.8) is 0 Å². The van der Waals surface area contributed by atoms with E-state index in [0.29, 0.717) is 24.1 Å². The van der Waals surface area contributed by atoms with Crippen LogP contribution in [0.25, 0.3) is 5.69 Å². The number of para-hydroxylation sites is 1. The highest BCUT2D eigenvalue weighted by Crippen LogP contribution is 2.36. The molecule has 0 spiro atoms. The van der Waals surface area contributed by atoms with E-state index in [1.54, 1.807) is 39.5 Å². The molecule has 1 aromatic carbocycles. The largest absolute Gasteiger partial charge is 0.494 e. The number of ether oxygens (including phenoxy) is 3. The van der Waals surface area contributed by atoms with E-state index >= 15 is 0 Å². The van der Waals surface area contributed by atoms with Gasteiger partial charge in [-0.3, -0.25) is 19.3 Å². The first-order chi connectivity index (χ1) is 16.5. The number of nitrogens with zero attached hydrogens (tertiary/aromatic N) is 5. The SMILES string of the molecule is COCCCCc1nnc(NSC(C)C(C)c2cnc(C)cn2)n1-c1c(OC)cccc1OC. The van der Waals surface area contributed by atoms with Crippen LogP contribution in [-0.2, 0) is 11.2 Å². The van der Waals surface area contributed by atoms with Gasteiger partial charge in [-0.2, -0.15) is 0 Å². The molecule has 2 atom stereocenters. The number of anilines is 1. The fraction of sp³-hybridized carbons (Fsp3) is 0.500. The second-order valence-electron chi connectivity index (χ2n) is 8.03. The third-order valence-corrected chi connectivity index (χ3v) is 6.74. The van der Waals surface area contributed by atoms with Crippen LogP contribution >= 0.6 is 11.9 Å². The Morgan fingerprint density at radius 1 is 1.00 bits per heavy atom. The fourth-order valence-corrected chi connectivity index (χ4v) is 4.25. The molecule has 2 heterocycles. The quantitative estimate of drug-likeness (QED) is 0.274. The Morgan fingerprint density at radius 2 is 1.74 bits per heavy atom. The lowest BCUT2D eigenvalue weighted by molar-refractivity contribution is 0.192. The summed E-state index contributed by atoms with van der Waals surface area (Å²) in [6.07, 6.45) is 6.26. The molecule has 2 aromatic heterocycles. The van der Waals surface area contributed by atoms with E-state index in [-0.39, 0.29) is 11.2 Å². The summed E-state index contributed by atoms with van der Waals surface area (Å²) in [5, 5.41) is 9.16. The number of aryl methyl sites for hydroxylation is 2. The van der Waals surface area contributed by atoms with Crippen molar-refractivity contribution in [3.8, 4) is 17.2 Å². The first-order valence-corrected chi connectivity index (χ1v) is 12.2. The highest BCUT2D eigenvalue weighted by molar-refractivity contribution is 8.01. The standard InChI is InChI=1S/C24H34N6O3S/c1-16-14-26-19(15-25-16)17(2)18(3)34-29-24-28-27-22(12-7-8-13-31-4)30(24)23-20(32-5)10-9-11-21(23)33-6/h9-11,14-15,17-18H,7-8,12-13H2,1-6H3,(H,28,29). The molecule has 0 bridgehead atoms. The van der Waals surface area contributed by atoms with E-state index in [1.807, 2.05) is 35.9 Å². The first-order valence-electron chi connectivity index (χ1n) is 11.3. The van der Waals surface area contributed by atoms with Crippen LogP contribution in [0.1, 0.15) is 49.8 Å². The summed E-state index contributed by atoms with van der Waals surface area (Å²) in [6.45, 7) is 6.95. The summed E-state index contributed by atoms with van der Waals surface area (Å²) in [5.41, 5.74) is 2.64. The molecule has 0 amide bonds. The maximum Gasteiger partial charge on any atom is 0.239 e. The zero-order chi connectivity index (χ0) is 24.5. The Bertz CT molecular complexity index is 1020. The van der Waals surface area contributed by atoms with Gasteiger partial charge < -0.3 is 14.2 Å². The van der Waals surface area contributed by atoms with Gasteiger partial charge in [-0.15, -0.1) is 10.2 Å². The maximum atomic E-state index is 5.67. The molecule has 3 rings (SSSR count). The van der Waals surface area contributed by atoms with Gasteiger partial charge in [0.25, 0.3) is 0 Å². The predicted molar refractivity (Wildman–Crippen MR) is 135 cm³/mol. The van der Waals surface area contributed by atoms with E-state index in [0.717, 1.165) is 42.2 Å². The van der Waals surface area contributed by atoms with Gasteiger partial charge in [0.1, 0.15) is 23.0 Å². The molecule has 34 heavy (non-hydrogen) atoms. The average Bonchev–Trinajstić information content (AvgIpc) is 3.26. The van der Waals surface area contributed by atoms with Crippen LogP contribution in [0, 0.1) is 6.92 Å². The van der Waals surface area contributed by atoms with E-state index in [1.165, 1.54) is 0 Å². The zero-order valence-electron chi connectivity index (χ0n) is 20.7. The van der Waals surface area contributed by atoms with Crippen molar-refractivity contribution in [2.24, 2.45) is 0 Å². The molecule has 2 unspecified atom stereocenters. The number of unbranched alkanes of at least 4 members (excludes halogenated alkanes) is 1. The molecule has 0 aliphatic rings. The Morgan fingerprint density at radius 3 is 2.35 bits per heavy atom. The Kier molecular flexibility index (Phi) is 9.52. The van der Waals surface area contributed by atoms with Crippen molar-refractivity contribution in [2.45, 2.75) is 51.2 Å². The number of hydrogen-bond acceptors (Lipinski definition) is 9. The van der Waals surface area contributed by atoms with Crippen molar-refractivity contribution >= 4 is 17.9 Å². The Balaban J connectivity index is 1.87. The third kappa shape index (κ3) is 6.18. The smallest absolute Gasteiger partial charge is 0.239 e. The Hall–Kier alpha value is -2.85. The summed E-state index contributed by atoms with van der Waals surface area (Å²) >= 11 is 1.57. The van der Waals surface area contributed by atoms with Gasteiger partial charge in [0.05, 0.1) is 25.6 Å². The van der Waals surface area contributed by atoms with Gasteiger partial charge in [-0.05, 0) is 43.8 Å². The van der Waals surface area contributed by atoms with E-state index in [9.17, 15) is 0 Å². The van der Waals surface area contributed by atoms with Crippen LogP contribution < -0.4 is 14.2 Å². The fourth-order valence-electron chi connectivity index (χ4n) is 3.49. The first kappa shape index (κ1) is 25.8. The summed E-state index contributed by atoms with van der Waals surface area (Å²) in [5.74, 6) is 3.00. The number of hydrogen-bond donors (Lipinski definition) is 1. The van der Waals surface area contributed by atoms with Crippen molar-refractivity contribution in [2.75, 3.05) is 32.7 Å². The molecule has 10 heteroatoms. The summed E-state index contributed by atoms with van der Waals surface area (Å²) in [6, 6.07) is 5.71. The molecule has 3 aromatic rings. The Labute approximate surface area is 205 Å². The second kappa shape index (κ2) is 12.6. The highest BCUT2D eigenvalue weighted by atomic mass is 32.2. The third-order valence-electron chi connectivity index (χ3n) is 5.66. The minimum absolute atomic E-state index is 0.191. The monoisotopic (exact) mass is 486 g/mol. The lowest BCUT2D eigenvalue weighted by Crippen LogP contribution is -2.14. The number of rotatable bonds is 13. The summed E-state index contributed by atoms with van der Waals surface area (Å²) in [4.78, 5) is 8.92. The second-order valence-corrected chi connectivity index (χ2v) is 9.22. The average molecular weight is 487 g/mol. The van der Waals surface area contributed by atoms with Crippen molar-refractivity contribution in [3.05, 3.63) is 47.8 Å². The van der Waals surface area contributed by atoms with Crippen LogP contribution in [0.3, 0.4) is 0 Å². The van der Waals surface area contributed by atoms with Crippen LogP contribution in [0.5, 0.6) is 11.5 Å². The van der Waals surface area contributed by atoms with Crippen LogP contribution in [0.4, 0.5) is 5.95 Å². The number of methoxy groups -OCH3 is 3. The summed E-state index contributed by atoms with van der Waals surface area (Å²) < 4.78 is 21.9. The molecule has 0 aliphatic heterocycles. The molecule has 0 fully saturated rings. The highest BCUT2D eigenvalue weighted by Gasteiger charge is 2.23. The van der Waals surface area contributed by atoms with Gasteiger partial charge in [0.15, 0.2) is 0 Å². The maximum absolute atomic E-state index is 5.67. The van der Waals surface area contributed by atoms with Gasteiger partial charge in [-0.1, -0.05) is 19.9 Å². The van der Waals surface area contributed by atoms with Crippen molar-refractivity contribution < 1.29 is 14.2 Å². The van der Waals surface area contributed by atoms with Crippen LogP contribution in [0.15, 0.2) is 30.6 Å². The molecule has 0 aliphatic carbocycles. The van der Waals surface area contributed by atoms with Gasteiger partial charge in [-0.25, -0.2) is 0 Å². The van der Waals surface area contributed by atoms with Crippen LogP contribution in [0.2, 0.25) is 0 Å². The molecular formula is C24H34N6O3S. The number of benzene rings is 1. The van der Waals surface area contributed by atoms with Gasteiger partial charge in [0, 0.05) is 43.7 Å². The van der Waals surface area contributed by atoms with E-state index < -0.39 is 0 Å².